The van der Waals surface area contributed by atoms with Gasteiger partial charge in [0.2, 0.25) is 6.79 Å². The molecule has 5 rings (SSSR count). The molecule has 0 spiro atoms. The van der Waals surface area contributed by atoms with Crippen LogP contribution in [0.2, 0.25) is 0 Å². The van der Waals surface area contributed by atoms with Crippen molar-refractivity contribution in [2.75, 3.05) is 21.0 Å². The third kappa shape index (κ3) is 2.12. The summed E-state index contributed by atoms with van der Waals surface area (Å²) in [5.41, 5.74) is 5.60. The minimum absolute atomic E-state index is 0.269. The number of hydrogen-bond acceptors (Lipinski definition) is 5. The third-order valence-electron chi connectivity index (χ3n) is 4.92. The summed E-state index contributed by atoms with van der Waals surface area (Å²) in [6.07, 6.45) is 1.84. The topological polar surface area (TPSA) is 49.8 Å². The lowest BCUT2D eigenvalue weighted by Gasteiger charge is -2.22. The standard InChI is InChI=1S/C20H17NO4/c1-22-17-6-11-3-4-15-14(13(11)8-18(17)23-2)5-12-7-19-20(25-10-24-19)9-16(12)21-15/h5-9H,3-4,10H2,1-2H3. The van der Waals surface area contributed by atoms with Gasteiger partial charge >= 0.3 is 0 Å². The van der Waals surface area contributed by atoms with E-state index < -0.39 is 0 Å². The number of fused-ring (bicyclic) bond motifs is 5. The SMILES string of the molecule is COc1cc2c(cc1OC)-c1cc3cc4c(cc3nc1CC2)OCO4. The summed E-state index contributed by atoms with van der Waals surface area (Å²) in [5, 5.41) is 1.05. The fourth-order valence-electron chi connectivity index (χ4n) is 3.66. The summed E-state index contributed by atoms with van der Waals surface area (Å²) >= 11 is 0. The third-order valence-corrected chi connectivity index (χ3v) is 4.92. The second kappa shape index (κ2) is 5.28. The number of nitrogens with zero attached hydrogens (tertiary/aromatic N) is 1. The molecule has 0 fully saturated rings. The number of rotatable bonds is 2. The van der Waals surface area contributed by atoms with Gasteiger partial charge in [0.25, 0.3) is 0 Å². The lowest BCUT2D eigenvalue weighted by molar-refractivity contribution is 0.174. The smallest absolute Gasteiger partial charge is 0.231 e. The van der Waals surface area contributed by atoms with Gasteiger partial charge in [-0.1, -0.05) is 0 Å². The summed E-state index contributed by atoms with van der Waals surface area (Å²) in [6.45, 7) is 0.269. The van der Waals surface area contributed by atoms with E-state index in [9.17, 15) is 0 Å². The van der Waals surface area contributed by atoms with Crippen LogP contribution in [-0.4, -0.2) is 26.0 Å². The molecule has 1 aromatic heterocycles. The van der Waals surface area contributed by atoms with Crippen molar-refractivity contribution < 1.29 is 18.9 Å². The van der Waals surface area contributed by atoms with E-state index in [1.54, 1.807) is 14.2 Å². The molecule has 0 atom stereocenters. The summed E-state index contributed by atoms with van der Waals surface area (Å²) in [4.78, 5) is 4.88. The average molecular weight is 335 g/mol. The maximum Gasteiger partial charge on any atom is 0.231 e. The highest BCUT2D eigenvalue weighted by atomic mass is 16.7. The predicted molar refractivity (Wildman–Crippen MR) is 93.8 cm³/mol. The Morgan fingerprint density at radius 2 is 1.60 bits per heavy atom. The molecule has 126 valence electrons. The Balaban J connectivity index is 1.73. The van der Waals surface area contributed by atoms with Crippen LogP contribution in [-0.2, 0) is 12.8 Å². The van der Waals surface area contributed by atoms with Crippen LogP contribution in [0.1, 0.15) is 11.3 Å². The molecule has 2 heterocycles. The zero-order valence-corrected chi connectivity index (χ0v) is 14.1. The molecule has 0 saturated carbocycles. The zero-order chi connectivity index (χ0) is 17.0. The van der Waals surface area contributed by atoms with Gasteiger partial charge in [0.15, 0.2) is 23.0 Å². The summed E-state index contributed by atoms with van der Waals surface area (Å²) < 4.78 is 21.9. The maximum absolute atomic E-state index is 5.50. The van der Waals surface area contributed by atoms with Crippen LogP contribution in [0.15, 0.2) is 30.3 Å². The van der Waals surface area contributed by atoms with Crippen LogP contribution in [0, 0.1) is 0 Å². The molecule has 0 amide bonds. The van der Waals surface area contributed by atoms with Gasteiger partial charge in [-0.25, -0.2) is 0 Å². The molecule has 0 saturated heterocycles. The summed E-state index contributed by atoms with van der Waals surface area (Å²) in [5.74, 6) is 3.04. The first-order valence-corrected chi connectivity index (χ1v) is 8.25. The van der Waals surface area contributed by atoms with Gasteiger partial charge in [0.05, 0.1) is 19.7 Å². The first-order chi connectivity index (χ1) is 12.3. The molecule has 5 heteroatoms. The fourth-order valence-corrected chi connectivity index (χ4v) is 3.66. The Morgan fingerprint density at radius 1 is 0.840 bits per heavy atom. The first-order valence-electron chi connectivity index (χ1n) is 8.25. The number of ether oxygens (including phenoxy) is 4. The molecule has 1 aliphatic heterocycles. The highest BCUT2D eigenvalue weighted by molar-refractivity contribution is 5.89. The van der Waals surface area contributed by atoms with Crippen molar-refractivity contribution in [2.24, 2.45) is 0 Å². The van der Waals surface area contributed by atoms with Crippen LogP contribution in [0.5, 0.6) is 23.0 Å². The van der Waals surface area contributed by atoms with Crippen molar-refractivity contribution in [3.63, 3.8) is 0 Å². The molecular formula is C20H17NO4. The molecular weight excluding hydrogens is 318 g/mol. The minimum atomic E-state index is 0.269. The second-order valence-corrected chi connectivity index (χ2v) is 6.25. The van der Waals surface area contributed by atoms with E-state index in [1.807, 2.05) is 18.2 Å². The highest BCUT2D eigenvalue weighted by Gasteiger charge is 2.22. The molecule has 2 aliphatic rings. The van der Waals surface area contributed by atoms with E-state index in [0.29, 0.717) is 0 Å². The Kier molecular flexibility index (Phi) is 3.04. The van der Waals surface area contributed by atoms with Crippen LogP contribution in [0.3, 0.4) is 0 Å². The van der Waals surface area contributed by atoms with E-state index >= 15 is 0 Å². The molecule has 2 aromatic carbocycles. The quantitative estimate of drug-likeness (QED) is 0.714. The van der Waals surface area contributed by atoms with E-state index in [2.05, 4.69) is 12.1 Å². The van der Waals surface area contributed by atoms with Crippen molar-refractivity contribution in [1.29, 1.82) is 0 Å². The second-order valence-electron chi connectivity index (χ2n) is 6.25. The van der Waals surface area contributed by atoms with Crippen LogP contribution in [0.25, 0.3) is 22.0 Å². The van der Waals surface area contributed by atoms with E-state index in [1.165, 1.54) is 5.56 Å². The molecule has 25 heavy (non-hydrogen) atoms. The fraction of sp³-hybridized carbons (Fsp3) is 0.250. The molecule has 0 N–H and O–H groups in total. The van der Waals surface area contributed by atoms with Gasteiger partial charge in [-0.15, -0.1) is 0 Å². The molecule has 3 aromatic rings. The lowest BCUT2D eigenvalue weighted by Crippen LogP contribution is -2.07. The number of hydrogen-bond donors (Lipinski definition) is 0. The van der Waals surface area contributed by atoms with Gasteiger partial charge < -0.3 is 18.9 Å². The van der Waals surface area contributed by atoms with Gasteiger partial charge in [-0.05, 0) is 48.2 Å². The Labute approximate surface area is 145 Å². The Morgan fingerprint density at radius 3 is 2.40 bits per heavy atom. The van der Waals surface area contributed by atoms with Crippen molar-refractivity contribution >= 4 is 10.9 Å². The predicted octanol–water partition coefficient (Wildman–Crippen LogP) is 3.75. The largest absolute Gasteiger partial charge is 0.493 e. The molecule has 1 aliphatic carbocycles. The highest BCUT2D eigenvalue weighted by Crippen LogP contribution is 2.42. The normalized spacial score (nSPS) is 14.2. The average Bonchev–Trinajstić information content (AvgIpc) is 3.10. The van der Waals surface area contributed by atoms with Crippen molar-refractivity contribution in [3.8, 4) is 34.1 Å². The summed E-state index contributed by atoms with van der Waals surface area (Å²) in [6, 6.07) is 10.3. The number of pyridine rings is 1. The maximum atomic E-state index is 5.50. The van der Waals surface area contributed by atoms with Gasteiger partial charge in [0.1, 0.15) is 0 Å². The monoisotopic (exact) mass is 335 g/mol. The number of methoxy groups -OCH3 is 2. The molecule has 0 bridgehead atoms. The Hall–Kier alpha value is -2.95. The number of benzene rings is 2. The first kappa shape index (κ1) is 14.4. The van der Waals surface area contributed by atoms with Gasteiger partial charge in [0, 0.05) is 22.7 Å². The van der Waals surface area contributed by atoms with E-state index in [-0.39, 0.29) is 6.79 Å². The molecule has 5 nitrogen and oxygen atoms in total. The number of aromatic nitrogens is 1. The lowest BCUT2D eigenvalue weighted by atomic mass is 9.87. The zero-order valence-electron chi connectivity index (χ0n) is 14.1. The van der Waals surface area contributed by atoms with Crippen molar-refractivity contribution in [1.82, 2.24) is 4.98 Å². The summed E-state index contributed by atoms with van der Waals surface area (Å²) in [7, 11) is 3.33. The molecule has 0 unspecified atom stereocenters. The van der Waals surface area contributed by atoms with Crippen LogP contribution in [0.4, 0.5) is 0 Å². The van der Waals surface area contributed by atoms with Gasteiger partial charge in [-0.3, -0.25) is 4.98 Å². The van der Waals surface area contributed by atoms with Gasteiger partial charge in [-0.2, -0.15) is 0 Å². The minimum Gasteiger partial charge on any atom is -0.493 e. The van der Waals surface area contributed by atoms with E-state index in [0.717, 1.165) is 63.6 Å². The van der Waals surface area contributed by atoms with Crippen LogP contribution < -0.4 is 18.9 Å². The van der Waals surface area contributed by atoms with Crippen molar-refractivity contribution in [2.45, 2.75) is 12.8 Å². The van der Waals surface area contributed by atoms with Crippen molar-refractivity contribution in [3.05, 3.63) is 41.6 Å². The molecule has 0 radical (unpaired) electrons. The van der Waals surface area contributed by atoms with Crippen LogP contribution >= 0.6 is 0 Å². The van der Waals surface area contributed by atoms with E-state index in [4.69, 9.17) is 23.9 Å². The Bertz CT molecular complexity index is 1010. The number of aryl methyl sites for hydroxylation is 2.